The molecule has 0 aromatic heterocycles. The fraction of sp³-hybridized carbons (Fsp3) is 0.516. The second-order valence-electron chi connectivity index (χ2n) is 11.3. The number of aliphatic imine (C=N–C) groups is 1. The molecule has 9 nitrogen and oxygen atoms in total. The number of carbonyl (C=O) groups excluding carboxylic acids is 2. The van der Waals surface area contributed by atoms with Gasteiger partial charge in [-0.1, -0.05) is 0 Å². The molecule has 3 amide bonds. The van der Waals surface area contributed by atoms with Crippen LogP contribution in [0.5, 0.6) is 5.75 Å². The van der Waals surface area contributed by atoms with Crippen molar-refractivity contribution >= 4 is 34.7 Å². The molecule has 9 heteroatoms. The van der Waals surface area contributed by atoms with E-state index in [9.17, 15) is 9.59 Å². The Morgan fingerprint density at radius 3 is 2.50 bits per heavy atom. The van der Waals surface area contributed by atoms with Crippen molar-refractivity contribution in [3.05, 3.63) is 48.0 Å². The molecule has 0 saturated carbocycles. The number of ether oxygens (including phenoxy) is 1. The molecule has 3 saturated heterocycles. The minimum atomic E-state index is -0.0348. The highest BCUT2D eigenvalue weighted by Gasteiger charge is 2.30. The maximum atomic E-state index is 13.0. The van der Waals surface area contributed by atoms with Gasteiger partial charge < -0.3 is 30.1 Å². The summed E-state index contributed by atoms with van der Waals surface area (Å²) in [6.45, 7) is 7.15. The van der Waals surface area contributed by atoms with Crippen LogP contribution >= 0.6 is 0 Å². The fourth-order valence-corrected chi connectivity index (χ4v) is 6.53. The van der Waals surface area contributed by atoms with Gasteiger partial charge in [0.25, 0.3) is 0 Å². The van der Waals surface area contributed by atoms with E-state index < -0.39 is 0 Å². The van der Waals surface area contributed by atoms with Crippen molar-refractivity contribution in [3.63, 3.8) is 0 Å². The van der Waals surface area contributed by atoms with E-state index in [0.717, 1.165) is 73.7 Å². The van der Waals surface area contributed by atoms with E-state index in [-0.39, 0.29) is 18.0 Å². The maximum absolute atomic E-state index is 13.0. The summed E-state index contributed by atoms with van der Waals surface area (Å²) in [7, 11) is 0. The molecule has 2 aromatic rings. The lowest BCUT2D eigenvalue weighted by atomic mass is 9.87. The summed E-state index contributed by atoms with van der Waals surface area (Å²) in [4.78, 5) is 35.9. The molecular weight excluding hydrogens is 504 g/mol. The molecule has 2 N–H and O–H groups in total. The van der Waals surface area contributed by atoms with Crippen LogP contribution in [0.1, 0.15) is 51.0 Å². The first-order valence-electron chi connectivity index (χ1n) is 14.8. The van der Waals surface area contributed by atoms with Crippen LogP contribution < -0.4 is 20.3 Å². The molecule has 2 aromatic carbocycles. The van der Waals surface area contributed by atoms with E-state index in [0.29, 0.717) is 32.3 Å². The lowest BCUT2D eigenvalue weighted by Crippen LogP contribution is -2.43. The highest BCUT2D eigenvalue weighted by molar-refractivity contribution is 6.08. The lowest BCUT2D eigenvalue weighted by Gasteiger charge is -2.34. The van der Waals surface area contributed by atoms with Gasteiger partial charge in [-0.05, 0) is 74.9 Å². The first-order valence-corrected chi connectivity index (χ1v) is 14.8. The summed E-state index contributed by atoms with van der Waals surface area (Å²) in [6, 6.07) is 14.5. The van der Waals surface area contributed by atoms with E-state index in [4.69, 9.17) is 9.73 Å². The number of likely N-dealkylation sites (tertiary alicyclic amines) is 2. The summed E-state index contributed by atoms with van der Waals surface area (Å²) >= 11 is 0. The molecule has 212 valence electrons. The van der Waals surface area contributed by atoms with E-state index in [1.165, 1.54) is 18.5 Å². The number of piperidine rings is 1. The summed E-state index contributed by atoms with van der Waals surface area (Å²) in [6.07, 6.45) is 6.30. The minimum absolute atomic E-state index is 0.0348. The molecule has 40 heavy (non-hydrogen) atoms. The highest BCUT2D eigenvalue weighted by atomic mass is 16.5. The van der Waals surface area contributed by atoms with E-state index >= 15 is 0 Å². The Kier molecular flexibility index (Phi) is 7.80. The van der Waals surface area contributed by atoms with Gasteiger partial charge in [0.1, 0.15) is 19.0 Å². The molecule has 0 spiro atoms. The van der Waals surface area contributed by atoms with Crippen LogP contribution in [0.3, 0.4) is 0 Å². The number of fused-ring (bicyclic) bond motifs is 1. The quantitative estimate of drug-likeness (QED) is 0.546. The summed E-state index contributed by atoms with van der Waals surface area (Å²) in [5.41, 5.74) is 5.34. The molecule has 4 heterocycles. The summed E-state index contributed by atoms with van der Waals surface area (Å²) in [5.74, 6) is 1.25. The predicted octanol–water partition coefficient (Wildman–Crippen LogP) is 4.79. The van der Waals surface area contributed by atoms with Gasteiger partial charge in [0.2, 0.25) is 5.91 Å². The average molecular weight is 545 g/mol. The Balaban J connectivity index is 1.02. The predicted molar refractivity (Wildman–Crippen MR) is 159 cm³/mol. The number of nitrogens with one attached hydrogen (secondary N) is 2. The van der Waals surface area contributed by atoms with E-state index in [1.54, 1.807) is 6.92 Å². The van der Waals surface area contributed by atoms with Crippen molar-refractivity contribution in [2.45, 2.75) is 51.5 Å². The number of carbonyl (C=O) groups is 2. The molecule has 0 radical (unpaired) electrons. The zero-order valence-corrected chi connectivity index (χ0v) is 23.4. The van der Waals surface area contributed by atoms with Crippen LogP contribution in [-0.4, -0.2) is 79.5 Å². The van der Waals surface area contributed by atoms with Crippen molar-refractivity contribution in [2.24, 2.45) is 10.9 Å². The first-order chi connectivity index (χ1) is 19.5. The zero-order valence-electron chi connectivity index (χ0n) is 23.4. The second-order valence-corrected chi connectivity index (χ2v) is 11.3. The number of rotatable bonds is 6. The SMILES string of the molecule is CC(=O)N1CCC[C@H]1COc1ccc2c(c1)NCN=C2C1CCN(C(=O)Nc2ccc(N3CCCC3)cc2)CC1. The molecule has 0 aliphatic carbocycles. The number of hydrogen-bond donors (Lipinski definition) is 2. The van der Waals surface area contributed by atoms with Gasteiger partial charge in [-0.25, -0.2) is 4.79 Å². The molecule has 0 bridgehead atoms. The van der Waals surface area contributed by atoms with Crippen molar-refractivity contribution in [1.29, 1.82) is 0 Å². The van der Waals surface area contributed by atoms with E-state index in [2.05, 4.69) is 39.8 Å². The standard InChI is InChI=1S/C31H40N6O3/c1-22(38)37-16-4-5-26(37)20-40-27-10-11-28-29(19-27)32-21-33-30(28)23-12-17-36(18-13-23)31(39)34-24-6-8-25(9-7-24)35-14-2-3-15-35/h6-11,19,23,26,32H,2-5,12-18,20-21H2,1H3,(H,34,39)/t26-/m0/s1. The lowest BCUT2D eigenvalue weighted by molar-refractivity contribution is -0.130. The molecule has 1 atom stereocenters. The van der Waals surface area contributed by atoms with Gasteiger partial charge in [-0.3, -0.25) is 9.79 Å². The Labute approximate surface area is 236 Å². The number of nitrogens with zero attached hydrogens (tertiary/aromatic N) is 4. The smallest absolute Gasteiger partial charge is 0.321 e. The molecule has 4 aliphatic heterocycles. The third-order valence-corrected chi connectivity index (χ3v) is 8.77. The average Bonchev–Trinajstić information content (AvgIpc) is 3.69. The Morgan fingerprint density at radius 1 is 0.975 bits per heavy atom. The van der Waals surface area contributed by atoms with Gasteiger partial charge in [0.05, 0.1) is 6.04 Å². The van der Waals surface area contributed by atoms with Gasteiger partial charge in [0.15, 0.2) is 0 Å². The number of hydrogen-bond acceptors (Lipinski definition) is 6. The molecular formula is C31H40N6O3. The Bertz CT molecular complexity index is 1250. The van der Waals surface area contributed by atoms with Crippen molar-refractivity contribution in [2.75, 3.05) is 61.5 Å². The van der Waals surface area contributed by atoms with Crippen molar-refractivity contribution < 1.29 is 14.3 Å². The molecule has 0 unspecified atom stereocenters. The van der Waals surface area contributed by atoms with Crippen LogP contribution in [-0.2, 0) is 4.79 Å². The van der Waals surface area contributed by atoms with Crippen LogP contribution in [0, 0.1) is 5.92 Å². The summed E-state index contributed by atoms with van der Waals surface area (Å²) in [5, 5.41) is 6.47. The van der Waals surface area contributed by atoms with Crippen molar-refractivity contribution in [1.82, 2.24) is 9.80 Å². The van der Waals surface area contributed by atoms with Crippen molar-refractivity contribution in [3.8, 4) is 5.75 Å². The van der Waals surface area contributed by atoms with Gasteiger partial charge in [-0.15, -0.1) is 0 Å². The molecule has 3 fully saturated rings. The largest absolute Gasteiger partial charge is 0.491 e. The van der Waals surface area contributed by atoms with Crippen LogP contribution in [0.25, 0.3) is 0 Å². The molecule has 6 rings (SSSR count). The second kappa shape index (κ2) is 11.8. The first kappa shape index (κ1) is 26.5. The van der Waals surface area contributed by atoms with E-state index in [1.807, 2.05) is 28.0 Å². The van der Waals surface area contributed by atoms with Gasteiger partial charge in [0, 0.05) is 80.0 Å². The Hall–Kier alpha value is -3.75. The number of amides is 3. The highest BCUT2D eigenvalue weighted by Crippen LogP contribution is 2.32. The fourth-order valence-electron chi connectivity index (χ4n) is 6.53. The minimum Gasteiger partial charge on any atom is -0.491 e. The third-order valence-electron chi connectivity index (χ3n) is 8.77. The van der Waals surface area contributed by atoms with Crippen LogP contribution in [0.2, 0.25) is 0 Å². The Morgan fingerprint density at radius 2 is 1.75 bits per heavy atom. The number of benzene rings is 2. The summed E-state index contributed by atoms with van der Waals surface area (Å²) < 4.78 is 6.11. The third kappa shape index (κ3) is 5.74. The number of urea groups is 1. The monoisotopic (exact) mass is 544 g/mol. The topological polar surface area (TPSA) is 89.5 Å². The number of anilines is 3. The molecule has 4 aliphatic rings. The maximum Gasteiger partial charge on any atom is 0.321 e. The van der Waals surface area contributed by atoms with Crippen LogP contribution in [0.4, 0.5) is 21.9 Å². The van der Waals surface area contributed by atoms with Gasteiger partial charge >= 0.3 is 6.03 Å². The van der Waals surface area contributed by atoms with Crippen LogP contribution in [0.15, 0.2) is 47.5 Å². The zero-order chi connectivity index (χ0) is 27.5. The van der Waals surface area contributed by atoms with Gasteiger partial charge in [-0.2, -0.15) is 0 Å². The normalized spacial score (nSPS) is 21.1.